The predicted molar refractivity (Wildman–Crippen MR) is 98.7 cm³/mol. The molecule has 0 saturated carbocycles. The van der Waals surface area contributed by atoms with Crippen LogP contribution in [0.1, 0.15) is 0 Å². The Labute approximate surface area is 132 Å². The second kappa shape index (κ2) is 5.97. The van der Waals surface area contributed by atoms with Crippen LogP contribution in [0.15, 0.2) is 48.6 Å². The van der Waals surface area contributed by atoms with Gasteiger partial charge in [-0.05, 0) is 39.3 Å². The van der Waals surface area contributed by atoms with Crippen molar-refractivity contribution in [1.29, 1.82) is 0 Å². The van der Waals surface area contributed by atoms with Gasteiger partial charge in [-0.1, -0.05) is 48.6 Å². The molecule has 0 radical (unpaired) electrons. The summed E-state index contributed by atoms with van der Waals surface area (Å²) >= 11 is 0. The molecule has 0 aromatic heterocycles. The van der Waals surface area contributed by atoms with Crippen LogP contribution >= 0.6 is 0 Å². The van der Waals surface area contributed by atoms with Crippen molar-refractivity contribution >= 4 is 25.2 Å². The molecule has 0 heterocycles. The molecule has 0 bridgehead atoms. The quantitative estimate of drug-likeness (QED) is 0.626. The Morgan fingerprint density at radius 1 is 0.571 bits per heavy atom. The standard InChI is InChI=1S/C16H28O2Si3/c1-19(2,15-11-7-8-12-15)17-21(5,6)18-20(3,4)16-13-9-10-14-16/h7-16H,1-6H3. The fourth-order valence-electron chi connectivity index (χ4n) is 3.21. The molecule has 2 aliphatic carbocycles. The van der Waals surface area contributed by atoms with Crippen LogP contribution in [0, 0.1) is 0 Å². The van der Waals surface area contributed by atoms with Gasteiger partial charge in [0, 0.05) is 11.1 Å². The van der Waals surface area contributed by atoms with E-state index >= 15 is 0 Å². The van der Waals surface area contributed by atoms with E-state index in [1.54, 1.807) is 0 Å². The molecule has 0 aliphatic heterocycles. The van der Waals surface area contributed by atoms with Crippen molar-refractivity contribution in [3.8, 4) is 0 Å². The molecule has 116 valence electrons. The Bertz CT molecular complexity index is 434. The maximum absolute atomic E-state index is 6.64. The average Bonchev–Trinajstić information content (AvgIpc) is 3.00. The van der Waals surface area contributed by atoms with Crippen LogP contribution < -0.4 is 0 Å². The van der Waals surface area contributed by atoms with Crippen LogP contribution in [0.3, 0.4) is 0 Å². The second-order valence-corrected chi connectivity index (χ2v) is 19.6. The van der Waals surface area contributed by atoms with E-state index in [0.717, 1.165) is 0 Å². The zero-order chi connectivity index (χ0) is 15.7. The lowest BCUT2D eigenvalue weighted by Crippen LogP contribution is -2.54. The molecule has 2 nitrogen and oxygen atoms in total. The van der Waals surface area contributed by atoms with E-state index in [4.69, 9.17) is 8.23 Å². The zero-order valence-electron chi connectivity index (χ0n) is 14.1. The van der Waals surface area contributed by atoms with Crippen molar-refractivity contribution < 1.29 is 8.23 Å². The normalized spacial score (nSPS) is 20.1. The maximum atomic E-state index is 6.64. The molecule has 0 spiro atoms. The Morgan fingerprint density at radius 2 is 0.857 bits per heavy atom. The second-order valence-electron chi connectivity index (χ2n) is 7.40. The van der Waals surface area contributed by atoms with Crippen LogP contribution in [-0.4, -0.2) is 25.2 Å². The highest BCUT2D eigenvalue weighted by Crippen LogP contribution is 2.36. The van der Waals surface area contributed by atoms with E-state index in [9.17, 15) is 0 Å². The fourth-order valence-corrected chi connectivity index (χ4v) is 17.3. The number of rotatable bonds is 6. The van der Waals surface area contributed by atoms with Crippen LogP contribution in [0.5, 0.6) is 0 Å². The van der Waals surface area contributed by atoms with Crippen LogP contribution in [0.25, 0.3) is 0 Å². The minimum absolute atomic E-state index is 0.476. The molecule has 2 rings (SSSR count). The first-order valence-electron chi connectivity index (χ1n) is 7.73. The first-order chi connectivity index (χ1) is 9.62. The molecule has 21 heavy (non-hydrogen) atoms. The van der Waals surface area contributed by atoms with E-state index in [1.165, 1.54) is 0 Å². The topological polar surface area (TPSA) is 18.5 Å². The minimum Gasteiger partial charge on any atom is -0.436 e. The van der Waals surface area contributed by atoms with E-state index < -0.39 is 25.2 Å². The van der Waals surface area contributed by atoms with Crippen molar-refractivity contribution in [1.82, 2.24) is 0 Å². The summed E-state index contributed by atoms with van der Waals surface area (Å²) in [6.07, 6.45) is 17.6. The van der Waals surface area contributed by atoms with Crippen molar-refractivity contribution in [3.63, 3.8) is 0 Å². The summed E-state index contributed by atoms with van der Waals surface area (Å²) in [5.41, 5.74) is 0.952. The highest BCUT2D eigenvalue weighted by molar-refractivity contribution is 6.89. The van der Waals surface area contributed by atoms with E-state index in [0.29, 0.717) is 11.1 Å². The summed E-state index contributed by atoms with van der Waals surface area (Å²) in [5, 5.41) is 0. The highest BCUT2D eigenvalue weighted by atomic mass is 28.5. The summed E-state index contributed by atoms with van der Waals surface area (Å²) in [7, 11) is -5.71. The first kappa shape index (κ1) is 16.9. The molecule has 0 aromatic rings. The van der Waals surface area contributed by atoms with Gasteiger partial charge in [0.15, 0.2) is 16.6 Å². The Kier molecular flexibility index (Phi) is 4.80. The summed E-state index contributed by atoms with van der Waals surface area (Å²) in [6.45, 7) is 13.6. The van der Waals surface area contributed by atoms with Gasteiger partial charge < -0.3 is 8.23 Å². The van der Waals surface area contributed by atoms with Crippen molar-refractivity contribution in [2.75, 3.05) is 0 Å². The largest absolute Gasteiger partial charge is 0.436 e. The van der Waals surface area contributed by atoms with Gasteiger partial charge >= 0.3 is 8.56 Å². The molecule has 5 heteroatoms. The third kappa shape index (κ3) is 4.26. The van der Waals surface area contributed by atoms with Crippen molar-refractivity contribution in [2.24, 2.45) is 0 Å². The van der Waals surface area contributed by atoms with Gasteiger partial charge in [0.1, 0.15) is 0 Å². The maximum Gasteiger partial charge on any atom is 0.311 e. The Morgan fingerprint density at radius 3 is 1.14 bits per heavy atom. The number of allylic oxidation sites excluding steroid dienone is 8. The molecule has 0 unspecified atom stereocenters. The van der Waals surface area contributed by atoms with Gasteiger partial charge in [0.05, 0.1) is 0 Å². The lowest BCUT2D eigenvalue weighted by Gasteiger charge is -2.41. The third-order valence-corrected chi connectivity index (χ3v) is 16.2. The lowest BCUT2D eigenvalue weighted by molar-refractivity contribution is 0.386. The minimum atomic E-state index is -2.12. The fraction of sp³-hybridized carbons (Fsp3) is 0.500. The molecule has 0 amide bonds. The van der Waals surface area contributed by atoms with Gasteiger partial charge in [0.25, 0.3) is 0 Å². The monoisotopic (exact) mass is 336 g/mol. The summed E-state index contributed by atoms with van der Waals surface area (Å²) in [5.74, 6) is 0. The molecular weight excluding hydrogens is 308 g/mol. The van der Waals surface area contributed by atoms with Crippen LogP contribution in [-0.2, 0) is 8.23 Å². The van der Waals surface area contributed by atoms with E-state index in [2.05, 4.69) is 87.9 Å². The molecule has 0 aromatic carbocycles. The summed E-state index contributed by atoms with van der Waals surface area (Å²) in [6, 6.07) is 0. The summed E-state index contributed by atoms with van der Waals surface area (Å²) < 4.78 is 13.3. The smallest absolute Gasteiger partial charge is 0.311 e. The van der Waals surface area contributed by atoms with Crippen molar-refractivity contribution in [3.05, 3.63) is 48.6 Å². The van der Waals surface area contributed by atoms with Crippen LogP contribution in [0.4, 0.5) is 0 Å². The Balaban J connectivity index is 2.04. The van der Waals surface area contributed by atoms with Crippen LogP contribution in [0.2, 0.25) is 50.4 Å². The van der Waals surface area contributed by atoms with Crippen molar-refractivity contribution in [2.45, 2.75) is 50.4 Å². The summed E-state index contributed by atoms with van der Waals surface area (Å²) in [4.78, 5) is 0. The average molecular weight is 337 g/mol. The molecule has 0 N–H and O–H groups in total. The molecular formula is C16H28O2Si3. The molecule has 0 fully saturated rings. The van der Waals surface area contributed by atoms with Gasteiger partial charge in [-0.25, -0.2) is 0 Å². The SMILES string of the molecule is C[Si](C)(O[Si](C)(C)C1C=CC=C1)O[Si](C)(C)C1C=CC=C1. The van der Waals surface area contributed by atoms with Gasteiger partial charge in [-0.15, -0.1) is 0 Å². The van der Waals surface area contributed by atoms with Gasteiger partial charge in [0.2, 0.25) is 0 Å². The number of hydrogen-bond acceptors (Lipinski definition) is 2. The molecule has 2 aliphatic rings. The van der Waals surface area contributed by atoms with Gasteiger partial charge in [-0.2, -0.15) is 0 Å². The Hall–Kier alpha value is -0.469. The van der Waals surface area contributed by atoms with E-state index in [1.807, 2.05) is 0 Å². The lowest BCUT2D eigenvalue weighted by atomic mass is 10.5. The van der Waals surface area contributed by atoms with Gasteiger partial charge in [-0.3, -0.25) is 0 Å². The molecule has 0 saturated heterocycles. The number of hydrogen-bond donors (Lipinski definition) is 0. The molecule has 0 atom stereocenters. The van der Waals surface area contributed by atoms with E-state index in [-0.39, 0.29) is 0 Å². The third-order valence-electron chi connectivity index (χ3n) is 4.12. The first-order valence-corrected chi connectivity index (χ1v) is 16.5. The predicted octanol–water partition coefficient (Wildman–Crippen LogP) is 5.12. The highest BCUT2D eigenvalue weighted by Gasteiger charge is 2.44. The zero-order valence-corrected chi connectivity index (χ0v) is 17.1.